The molecule has 4 nitrogen and oxygen atoms in total. The quantitative estimate of drug-likeness (QED) is 0.546. The number of hydrogen-bond acceptors (Lipinski definition) is 4. The fourth-order valence-corrected chi connectivity index (χ4v) is 2.17. The number of hydrogen-bond donors (Lipinski definition) is 1. The van der Waals surface area contributed by atoms with Crippen molar-refractivity contribution in [2.24, 2.45) is 5.92 Å². The van der Waals surface area contributed by atoms with Crippen LogP contribution >= 0.6 is 0 Å². The molecular weight excluding hydrogens is 218 g/mol. The van der Waals surface area contributed by atoms with Gasteiger partial charge in [0.25, 0.3) is 0 Å². The average Bonchev–Trinajstić information content (AvgIpc) is 2.38. The normalized spacial score (nSPS) is 18.9. The molecule has 1 saturated heterocycles. The van der Waals surface area contributed by atoms with Crippen molar-refractivity contribution in [3.63, 3.8) is 0 Å². The van der Waals surface area contributed by atoms with Crippen LogP contribution in [0.3, 0.4) is 0 Å². The zero-order valence-corrected chi connectivity index (χ0v) is 11.0. The Balaban J connectivity index is 1.95. The van der Waals surface area contributed by atoms with Crippen LogP contribution in [0.15, 0.2) is 0 Å². The molecule has 1 fully saturated rings. The molecule has 1 heterocycles. The first kappa shape index (κ1) is 14.5. The van der Waals surface area contributed by atoms with Gasteiger partial charge in [-0.05, 0) is 38.6 Å². The highest BCUT2D eigenvalue weighted by Gasteiger charge is 2.14. The maximum absolute atomic E-state index is 11.1. The molecule has 0 aliphatic carbocycles. The Morgan fingerprint density at radius 2 is 2.12 bits per heavy atom. The van der Waals surface area contributed by atoms with E-state index in [-0.39, 0.29) is 12.0 Å². The van der Waals surface area contributed by atoms with Crippen molar-refractivity contribution >= 4 is 5.97 Å². The predicted molar refractivity (Wildman–Crippen MR) is 66.9 cm³/mol. The van der Waals surface area contributed by atoms with E-state index in [1.165, 1.54) is 32.8 Å². The summed E-state index contributed by atoms with van der Waals surface area (Å²) in [5.74, 6) is 0.663. The van der Waals surface area contributed by atoms with Gasteiger partial charge in [0.1, 0.15) is 6.04 Å². The van der Waals surface area contributed by atoms with Crippen molar-refractivity contribution in [3.8, 4) is 0 Å². The summed E-state index contributed by atoms with van der Waals surface area (Å²) >= 11 is 0. The molecule has 0 bridgehead atoms. The fraction of sp³-hybridized carbons (Fsp3) is 0.923. The highest BCUT2D eigenvalue weighted by Crippen LogP contribution is 2.20. The van der Waals surface area contributed by atoms with E-state index in [0.717, 1.165) is 32.1 Å². The molecule has 1 rings (SSSR count). The fourth-order valence-electron chi connectivity index (χ4n) is 2.17. The molecule has 1 atom stereocenters. The van der Waals surface area contributed by atoms with E-state index in [9.17, 15) is 4.79 Å². The molecule has 0 aromatic heterocycles. The summed E-state index contributed by atoms with van der Waals surface area (Å²) in [6.45, 7) is 4.59. The molecule has 4 heteroatoms. The van der Waals surface area contributed by atoms with E-state index in [1.807, 2.05) is 6.92 Å². The maximum atomic E-state index is 11.1. The van der Waals surface area contributed by atoms with Crippen LogP contribution in [0.2, 0.25) is 0 Å². The lowest BCUT2D eigenvalue weighted by atomic mass is 9.94. The largest absolute Gasteiger partial charge is 0.468 e. The summed E-state index contributed by atoms with van der Waals surface area (Å²) in [5, 5.41) is 3.17. The van der Waals surface area contributed by atoms with Crippen molar-refractivity contribution in [2.75, 3.05) is 26.9 Å². The Hall–Kier alpha value is -0.610. The third-order valence-electron chi connectivity index (χ3n) is 3.39. The number of unbranched alkanes of at least 4 members (excludes halogenated alkanes) is 1. The van der Waals surface area contributed by atoms with Gasteiger partial charge in [0.05, 0.1) is 7.11 Å². The summed E-state index contributed by atoms with van der Waals surface area (Å²) in [6.07, 6.45) is 6.07. The van der Waals surface area contributed by atoms with Gasteiger partial charge in [0.15, 0.2) is 0 Å². The number of rotatable bonds is 7. The highest BCUT2D eigenvalue weighted by molar-refractivity contribution is 5.74. The van der Waals surface area contributed by atoms with E-state index >= 15 is 0 Å². The molecule has 1 aliphatic heterocycles. The summed E-state index contributed by atoms with van der Waals surface area (Å²) in [6, 6.07) is -0.192. The van der Waals surface area contributed by atoms with E-state index in [0.29, 0.717) is 0 Å². The standard InChI is InChI=1S/C13H25NO3/c1-11(13(15)16-2)14-8-4-3-5-12-6-9-17-10-7-12/h11-12,14H,3-10H2,1-2H3. The van der Waals surface area contributed by atoms with Crippen LogP contribution in [-0.2, 0) is 14.3 Å². The minimum absolute atomic E-state index is 0.186. The van der Waals surface area contributed by atoms with Crippen molar-refractivity contribution < 1.29 is 14.3 Å². The summed E-state index contributed by atoms with van der Waals surface area (Å²) in [7, 11) is 1.42. The zero-order valence-electron chi connectivity index (χ0n) is 11.0. The molecule has 0 aromatic rings. The summed E-state index contributed by atoms with van der Waals surface area (Å²) in [4.78, 5) is 11.1. The van der Waals surface area contributed by atoms with Gasteiger partial charge in [0.2, 0.25) is 0 Å². The summed E-state index contributed by atoms with van der Waals surface area (Å²) in [5.41, 5.74) is 0. The van der Waals surface area contributed by atoms with Crippen molar-refractivity contribution in [1.29, 1.82) is 0 Å². The van der Waals surface area contributed by atoms with Gasteiger partial charge in [-0.25, -0.2) is 0 Å². The molecule has 1 N–H and O–H groups in total. The number of esters is 1. The van der Waals surface area contributed by atoms with E-state index in [4.69, 9.17) is 4.74 Å². The van der Waals surface area contributed by atoms with Crippen molar-refractivity contribution in [3.05, 3.63) is 0 Å². The first-order valence-electron chi connectivity index (χ1n) is 6.63. The van der Waals surface area contributed by atoms with Crippen LogP contribution < -0.4 is 5.32 Å². The van der Waals surface area contributed by atoms with Crippen molar-refractivity contribution in [1.82, 2.24) is 5.32 Å². The van der Waals surface area contributed by atoms with Crippen molar-refractivity contribution in [2.45, 2.75) is 45.1 Å². The molecule has 0 spiro atoms. The number of ether oxygens (including phenoxy) is 2. The monoisotopic (exact) mass is 243 g/mol. The van der Waals surface area contributed by atoms with Gasteiger partial charge in [-0.2, -0.15) is 0 Å². The highest BCUT2D eigenvalue weighted by atomic mass is 16.5. The number of carbonyl (C=O) groups is 1. The van der Waals surface area contributed by atoms with Gasteiger partial charge in [-0.15, -0.1) is 0 Å². The number of methoxy groups -OCH3 is 1. The molecule has 0 amide bonds. The number of nitrogens with one attached hydrogen (secondary N) is 1. The Kier molecular flexibility index (Phi) is 7.21. The van der Waals surface area contributed by atoms with Crippen LogP contribution in [0.4, 0.5) is 0 Å². The second-order valence-corrected chi connectivity index (χ2v) is 4.75. The third-order valence-corrected chi connectivity index (χ3v) is 3.39. The van der Waals surface area contributed by atoms with Gasteiger partial charge in [0, 0.05) is 13.2 Å². The Labute approximate surface area is 104 Å². The second kappa shape index (κ2) is 8.48. The zero-order chi connectivity index (χ0) is 12.5. The molecule has 0 saturated carbocycles. The lowest BCUT2D eigenvalue weighted by Crippen LogP contribution is -2.35. The Morgan fingerprint density at radius 1 is 1.41 bits per heavy atom. The lowest BCUT2D eigenvalue weighted by Gasteiger charge is -2.21. The number of carbonyl (C=O) groups excluding carboxylic acids is 1. The van der Waals surface area contributed by atoms with Crippen LogP contribution in [0.5, 0.6) is 0 Å². The molecule has 100 valence electrons. The third kappa shape index (κ3) is 6.03. The summed E-state index contributed by atoms with van der Waals surface area (Å²) < 4.78 is 9.98. The molecule has 17 heavy (non-hydrogen) atoms. The Bertz CT molecular complexity index is 215. The molecule has 1 aliphatic rings. The van der Waals surface area contributed by atoms with Gasteiger partial charge < -0.3 is 14.8 Å². The van der Waals surface area contributed by atoms with Gasteiger partial charge >= 0.3 is 5.97 Å². The Morgan fingerprint density at radius 3 is 2.76 bits per heavy atom. The van der Waals surface area contributed by atoms with E-state index in [2.05, 4.69) is 10.1 Å². The first-order chi connectivity index (χ1) is 8.24. The predicted octanol–water partition coefficient (Wildman–Crippen LogP) is 1.73. The van der Waals surface area contributed by atoms with Gasteiger partial charge in [-0.1, -0.05) is 12.8 Å². The van der Waals surface area contributed by atoms with Crippen LogP contribution in [0.25, 0.3) is 0 Å². The average molecular weight is 243 g/mol. The van der Waals surface area contributed by atoms with Crippen LogP contribution in [0, 0.1) is 5.92 Å². The smallest absolute Gasteiger partial charge is 0.322 e. The lowest BCUT2D eigenvalue weighted by molar-refractivity contribution is -0.142. The first-order valence-corrected chi connectivity index (χ1v) is 6.63. The SMILES string of the molecule is COC(=O)C(C)NCCCCC1CCOCC1. The van der Waals surface area contributed by atoms with Crippen LogP contribution in [-0.4, -0.2) is 38.9 Å². The molecule has 0 aromatic carbocycles. The van der Waals surface area contributed by atoms with E-state index < -0.39 is 0 Å². The molecule has 0 radical (unpaired) electrons. The van der Waals surface area contributed by atoms with Gasteiger partial charge in [-0.3, -0.25) is 4.79 Å². The molecular formula is C13H25NO3. The van der Waals surface area contributed by atoms with Crippen LogP contribution in [0.1, 0.15) is 39.0 Å². The minimum atomic E-state index is -0.192. The minimum Gasteiger partial charge on any atom is -0.468 e. The molecule has 1 unspecified atom stereocenters. The topological polar surface area (TPSA) is 47.6 Å². The second-order valence-electron chi connectivity index (χ2n) is 4.75. The van der Waals surface area contributed by atoms with E-state index in [1.54, 1.807) is 0 Å². The maximum Gasteiger partial charge on any atom is 0.322 e.